The Balaban J connectivity index is 1.37. The van der Waals surface area contributed by atoms with Gasteiger partial charge in [0.05, 0.1) is 11.4 Å². The van der Waals surface area contributed by atoms with Crippen molar-refractivity contribution < 1.29 is 23.0 Å². The lowest BCUT2D eigenvalue weighted by Crippen LogP contribution is -2.26. The maximum absolute atomic E-state index is 13.1. The first-order valence-electron chi connectivity index (χ1n) is 9.14. The minimum absolute atomic E-state index is 0.0397. The van der Waals surface area contributed by atoms with E-state index in [2.05, 4.69) is 25.0 Å². The van der Waals surface area contributed by atoms with E-state index in [1.165, 1.54) is 23.5 Å². The molecule has 3 N–H and O–H groups in total. The van der Waals surface area contributed by atoms with E-state index in [0.717, 1.165) is 42.3 Å². The normalized spacial score (nSPS) is 16.6. The fourth-order valence-corrected chi connectivity index (χ4v) is 4.69. The van der Waals surface area contributed by atoms with Crippen molar-refractivity contribution in [2.45, 2.75) is 38.5 Å². The van der Waals surface area contributed by atoms with Crippen LogP contribution < -0.4 is 20.5 Å². The van der Waals surface area contributed by atoms with Gasteiger partial charge in [-0.1, -0.05) is 6.07 Å². The Morgan fingerprint density at radius 2 is 2.00 bits per heavy atom. The van der Waals surface area contributed by atoms with Gasteiger partial charge in [0, 0.05) is 11.9 Å². The lowest BCUT2D eigenvalue weighted by Gasteiger charge is -2.14. The second-order valence-electron chi connectivity index (χ2n) is 6.99. The topological polar surface area (TPSA) is 99.4 Å². The molecule has 3 aromatic rings. The number of carbonyl (C=O) groups is 1. The molecule has 0 spiro atoms. The molecule has 5 rings (SSSR count). The number of fused-ring (bicyclic) bond motifs is 4. The van der Waals surface area contributed by atoms with E-state index in [9.17, 15) is 13.6 Å². The summed E-state index contributed by atoms with van der Waals surface area (Å²) in [6, 6.07) is 4.38. The minimum Gasteiger partial charge on any atom is -0.397 e. The van der Waals surface area contributed by atoms with Gasteiger partial charge >= 0.3 is 6.29 Å². The molecule has 0 saturated carbocycles. The number of amides is 1. The molecular weight excluding hydrogens is 402 g/mol. The van der Waals surface area contributed by atoms with Crippen LogP contribution in [0, 0.1) is 0 Å². The number of anilines is 1. The number of aromatic nitrogens is 2. The maximum Gasteiger partial charge on any atom is 0.586 e. The van der Waals surface area contributed by atoms with Crippen LogP contribution in [-0.2, 0) is 19.4 Å². The van der Waals surface area contributed by atoms with E-state index in [1.54, 1.807) is 6.07 Å². The summed E-state index contributed by atoms with van der Waals surface area (Å²) < 4.78 is 35.1. The predicted molar refractivity (Wildman–Crippen MR) is 102 cm³/mol. The number of benzene rings is 1. The van der Waals surface area contributed by atoms with Gasteiger partial charge in [-0.05, 0) is 48.9 Å². The SMILES string of the molecule is Nc1c(C(=O)NCc2ccc3c(c2)OC(F)(F)O3)sc2nnc3c(c12)CCCC3. The minimum atomic E-state index is -3.67. The Kier molecular flexibility index (Phi) is 4.05. The number of nitrogens with two attached hydrogens (primary N) is 1. The standard InChI is InChI=1S/C19H16F2N4O3S/c20-19(21)27-12-6-5-9(7-13(12)28-19)8-23-17(26)16-15(22)14-10-3-1-2-4-11(10)24-25-18(14)29-16/h5-7H,1-4,8,22H2,(H,23,26). The summed E-state index contributed by atoms with van der Waals surface area (Å²) in [4.78, 5) is 13.7. The Morgan fingerprint density at radius 3 is 2.86 bits per heavy atom. The van der Waals surface area contributed by atoms with Crippen molar-refractivity contribution >= 4 is 33.1 Å². The molecule has 0 radical (unpaired) electrons. The zero-order valence-electron chi connectivity index (χ0n) is 15.1. The van der Waals surface area contributed by atoms with Crippen LogP contribution in [0.3, 0.4) is 0 Å². The smallest absolute Gasteiger partial charge is 0.397 e. The molecule has 150 valence electrons. The molecule has 0 saturated heterocycles. The second-order valence-corrected chi connectivity index (χ2v) is 7.99. The Labute approximate surface area is 167 Å². The Morgan fingerprint density at radius 1 is 1.21 bits per heavy atom. The first-order valence-corrected chi connectivity index (χ1v) is 9.96. The van der Waals surface area contributed by atoms with Gasteiger partial charge in [-0.3, -0.25) is 4.79 Å². The van der Waals surface area contributed by atoms with Crippen LogP contribution in [0.4, 0.5) is 14.5 Å². The highest BCUT2D eigenvalue weighted by Crippen LogP contribution is 2.41. The van der Waals surface area contributed by atoms with Crippen molar-refractivity contribution in [2.24, 2.45) is 0 Å². The number of rotatable bonds is 3. The highest BCUT2D eigenvalue weighted by Gasteiger charge is 2.43. The predicted octanol–water partition coefficient (Wildman–Crippen LogP) is 3.40. The quantitative estimate of drug-likeness (QED) is 0.676. The van der Waals surface area contributed by atoms with E-state index in [-0.39, 0.29) is 24.0 Å². The number of nitrogen functional groups attached to an aromatic ring is 1. The molecule has 2 aromatic heterocycles. The molecule has 0 atom stereocenters. The fraction of sp³-hybridized carbons (Fsp3) is 0.316. The van der Waals surface area contributed by atoms with Gasteiger partial charge in [-0.2, -0.15) is 5.10 Å². The zero-order chi connectivity index (χ0) is 20.2. The molecule has 29 heavy (non-hydrogen) atoms. The van der Waals surface area contributed by atoms with Crippen LogP contribution >= 0.6 is 11.3 Å². The van der Waals surface area contributed by atoms with Gasteiger partial charge in [0.15, 0.2) is 11.5 Å². The van der Waals surface area contributed by atoms with E-state index >= 15 is 0 Å². The average molecular weight is 418 g/mol. The summed E-state index contributed by atoms with van der Waals surface area (Å²) in [5.41, 5.74) is 9.35. The zero-order valence-corrected chi connectivity index (χ0v) is 15.9. The second kappa shape index (κ2) is 6.51. The third kappa shape index (κ3) is 3.13. The van der Waals surface area contributed by atoms with E-state index in [4.69, 9.17) is 5.73 Å². The highest BCUT2D eigenvalue weighted by molar-refractivity contribution is 7.21. The third-order valence-corrected chi connectivity index (χ3v) is 6.14. The number of hydrogen-bond acceptors (Lipinski definition) is 7. The molecule has 1 amide bonds. The number of aryl methyl sites for hydroxylation is 2. The summed E-state index contributed by atoms with van der Waals surface area (Å²) in [7, 11) is 0. The number of halogens is 2. The first kappa shape index (κ1) is 18.0. The fourth-order valence-electron chi connectivity index (χ4n) is 3.70. The lowest BCUT2D eigenvalue weighted by atomic mass is 9.94. The number of thiophene rings is 1. The molecule has 0 fully saturated rings. The van der Waals surface area contributed by atoms with Crippen molar-refractivity contribution in [1.29, 1.82) is 0 Å². The maximum atomic E-state index is 13.1. The van der Waals surface area contributed by atoms with E-state index < -0.39 is 6.29 Å². The summed E-state index contributed by atoms with van der Waals surface area (Å²) in [6.45, 7) is 0.124. The third-order valence-electron chi connectivity index (χ3n) is 5.05. The van der Waals surface area contributed by atoms with Crippen molar-refractivity contribution in [3.63, 3.8) is 0 Å². The average Bonchev–Trinajstić information content (AvgIpc) is 3.20. The molecule has 1 aliphatic heterocycles. The van der Waals surface area contributed by atoms with Crippen LogP contribution in [0.25, 0.3) is 10.2 Å². The number of carbonyl (C=O) groups excluding carboxylic acids is 1. The highest BCUT2D eigenvalue weighted by atomic mass is 32.1. The molecule has 1 aliphatic carbocycles. The molecule has 10 heteroatoms. The van der Waals surface area contributed by atoms with E-state index in [0.29, 0.717) is 21.0 Å². The summed E-state index contributed by atoms with van der Waals surface area (Å²) >= 11 is 1.21. The van der Waals surface area contributed by atoms with Crippen LogP contribution in [-0.4, -0.2) is 22.4 Å². The largest absolute Gasteiger partial charge is 0.586 e. The molecular formula is C19H16F2N4O3S. The van der Waals surface area contributed by atoms with Crippen LogP contribution in [0.5, 0.6) is 11.5 Å². The van der Waals surface area contributed by atoms with Gasteiger partial charge in [-0.15, -0.1) is 25.2 Å². The van der Waals surface area contributed by atoms with Crippen molar-refractivity contribution in [3.8, 4) is 11.5 Å². The summed E-state index contributed by atoms with van der Waals surface area (Å²) in [6.07, 6.45) is 0.221. The lowest BCUT2D eigenvalue weighted by molar-refractivity contribution is -0.286. The van der Waals surface area contributed by atoms with Crippen LogP contribution in [0.1, 0.15) is 39.3 Å². The Bertz CT molecular complexity index is 1150. The molecule has 2 aliphatic rings. The van der Waals surface area contributed by atoms with Gasteiger partial charge in [-0.25, -0.2) is 0 Å². The number of nitrogens with zero attached hydrogens (tertiary/aromatic N) is 2. The monoisotopic (exact) mass is 418 g/mol. The number of alkyl halides is 2. The molecule has 7 nitrogen and oxygen atoms in total. The number of ether oxygens (including phenoxy) is 2. The first-order chi connectivity index (χ1) is 13.9. The van der Waals surface area contributed by atoms with E-state index in [1.807, 2.05) is 0 Å². The van der Waals surface area contributed by atoms with Crippen molar-refractivity contribution in [2.75, 3.05) is 5.73 Å². The van der Waals surface area contributed by atoms with Gasteiger partial charge in [0.25, 0.3) is 5.91 Å². The van der Waals surface area contributed by atoms with Gasteiger partial charge in [0.1, 0.15) is 9.71 Å². The Hall–Kier alpha value is -3.01. The summed E-state index contributed by atoms with van der Waals surface area (Å²) in [5.74, 6) is -0.453. The number of nitrogens with one attached hydrogen (secondary N) is 1. The molecule has 0 unspecified atom stereocenters. The molecule has 0 bridgehead atoms. The number of hydrogen-bond donors (Lipinski definition) is 2. The summed E-state index contributed by atoms with van der Waals surface area (Å²) in [5, 5.41) is 12.1. The van der Waals surface area contributed by atoms with Gasteiger partial charge in [0.2, 0.25) is 0 Å². The molecule has 3 heterocycles. The van der Waals surface area contributed by atoms with Crippen molar-refractivity contribution in [1.82, 2.24) is 15.5 Å². The van der Waals surface area contributed by atoms with Gasteiger partial charge < -0.3 is 20.5 Å². The van der Waals surface area contributed by atoms with Crippen LogP contribution in [0.15, 0.2) is 18.2 Å². The molecule has 1 aromatic carbocycles. The van der Waals surface area contributed by atoms with Crippen LogP contribution in [0.2, 0.25) is 0 Å². The van der Waals surface area contributed by atoms with Crippen molar-refractivity contribution in [3.05, 3.63) is 39.9 Å².